The third-order valence-electron chi connectivity index (χ3n) is 5.17. The molecule has 27 heavy (non-hydrogen) atoms. The largest absolute Gasteiger partial charge is 0.496 e. The molecule has 1 aliphatic heterocycles. The van der Waals surface area contributed by atoms with E-state index >= 15 is 0 Å². The Morgan fingerprint density at radius 3 is 2.85 bits per heavy atom. The molecule has 1 aromatic heterocycles. The maximum Gasteiger partial charge on any atom is 0.223 e. The maximum absolute atomic E-state index is 13.2. The second kappa shape index (κ2) is 10.1. The van der Waals surface area contributed by atoms with Crippen molar-refractivity contribution in [1.29, 1.82) is 0 Å². The van der Waals surface area contributed by atoms with E-state index < -0.39 is 0 Å². The number of aromatic nitrogens is 1. The molecule has 1 aliphatic rings. The van der Waals surface area contributed by atoms with Gasteiger partial charge in [0.25, 0.3) is 0 Å². The molecule has 1 N–H and O–H groups in total. The van der Waals surface area contributed by atoms with E-state index in [9.17, 15) is 4.79 Å². The van der Waals surface area contributed by atoms with Crippen molar-refractivity contribution in [2.75, 3.05) is 20.2 Å². The number of carbonyl (C=O) groups excluding carboxylic acids is 1. The summed E-state index contributed by atoms with van der Waals surface area (Å²) >= 11 is 0. The summed E-state index contributed by atoms with van der Waals surface area (Å²) in [4.78, 5) is 19.7. The van der Waals surface area contributed by atoms with E-state index in [-0.39, 0.29) is 11.9 Å². The zero-order chi connectivity index (χ0) is 18.9. The second-order valence-electron chi connectivity index (χ2n) is 6.99. The number of aryl methyl sites for hydroxylation is 1. The van der Waals surface area contributed by atoms with Crippen LogP contribution in [0.15, 0.2) is 48.7 Å². The first kappa shape index (κ1) is 19.4. The molecule has 5 heteroatoms. The van der Waals surface area contributed by atoms with Crippen LogP contribution in [0.1, 0.15) is 36.9 Å². The first-order valence-electron chi connectivity index (χ1n) is 9.80. The van der Waals surface area contributed by atoms with Crippen LogP contribution in [0.5, 0.6) is 5.75 Å². The molecular weight excluding hydrogens is 338 g/mol. The zero-order valence-corrected chi connectivity index (χ0v) is 16.1. The summed E-state index contributed by atoms with van der Waals surface area (Å²) in [5.74, 6) is 1.04. The minimum atomic E-state index is 0.193. The monoisotopic (exact) mass is 367 g/mol. The van der Waals surface area contributed by atoms with Gasteiger partial charge in [-0.25, -0.2) is 0 Å². The third-order valence-corrected chi connectivity index (χ3v) is 5.17. The van der Waals surface area contributed by atoms with Crippen molar-refractivity contribution in [2.24, 2.45) is 0 Å². The number of para-hydroxylation sites is 1. The fourth-order valence-electron chi connectivity index (χ4n) is 3.69. The highest BCUT2D eigenvalue weighted by atomic mass is 16.5. The first-order chi connectivity index (χ1) is 13.3. The molecule has 144 valence electrons. The molecule has 2 aromatic rings. The van der Waals surface area contributed by atoms with E-state index in [4.69, 9.17) is 4.74 Å². The predicted molar refractivity (Wildman–Crippen MR) is 107 cm³/mol. The Bertz CT molecular complexity index is 713. The molecule has 1 aromatic carbocycles. The number of hydrogen-bond acceptors (Lipinski definition) is 4. The number of pyridine rings is 1. The van der Waals surface area contributed by atoms with Crippen molar-refractivity contribution in [2.45, 2.75) is 44.7 Å². The topological polar surface area (TPSA) is 54.5 Å². The number of methoxy groups -OCH3 is 1. The lowest BCUT2D eigenvalue weighted by atomic mass is 10.0. The van der Waals surface area contributed by atoms with Crippen molar-refractivity contribution < 1.29 is 9.53 Å². The number of benzene rings is 1. The van der Waals surface area contributed by atoms with Crippen LogP contribution >= 0.6 is 0 Å². The van der Waals surface area contributed by atoms with Gasteiger partial charge in [0.05, 0.1) is 19.3 Å². The Kier molecular flexibility index (Phi) is 7.22. The van der Waals surface area contributed by atoms with Gasteiger partial charge in [-0.05, 0) is 62.5 Å². The number of ether oxygens (including phenoxy) is 1. The van der Waals surface area contributed by atoms with Gasteiger partial charge < -0.3 is 15.0 Å². The molecule has 3 rings (SSSR count). The van der Waals surface area contributed by atoms with Gasteiger partial charge in [0.15, 0.2) is 0 Å². The van der Waals surface area contributed by atoms with Gasteiger partial charge in [-0.1, -0.05) is 24.3 Å². The standard InChI is InChI=1S/C22H29N3O2/c1-27-21-10-3-2-7-18(21)11-12-22(26)25(17-19-8-4-5-15-24-19)20-9-6-14-23-16-13-20/h2-5,7-8,10,15,20,23H,6,9,11-14,16-17H2,1H3. The second-order valence-corrected chi connectivity index (χ2v) is 6.99. The van der Waals surface area contributed by atoms with Crippen LogP contribution in [0.25, 0.3) is 0 Å². The Balaban J connectivity index is 1.71. The Morgan fingerprint density at radius 2 is 2.04 bits per heavy atom. The molecule has 1 atom stereocenters. The van der Waals surface area contributed by atoms with Gasteiger partial charge in [0, 0.05) is 18.7 Å². The molecule has 0 radical (unpaired) electrons. The molecule has 5 nitrogen and oxygen atoms in total. The zero-order valence-electron chi connectivity index (χ0n) is 16.1. The molecule has 1 unspecified atom stereocenters. The summed E-state index contributed by atoms with van der Waals surface area (Å²) < 4.78 is 5.42. The van der Waals surface area contributed by atoms with Gasteiger partial charge in [-0.3, -0.25) is 9.78 Å². The van der Waals surface area contributed by atoms with Crippen LogP contribution in [-0.2, 0) is 17.8 Å². The highest BCUT2D eigenvalue weighted by molar-refractivity contribution is 5.77. The van der Waals surface area contributed by atoms with Crippen LogP contribution in [0.3, 0.4) is 0 Å². The highest BCUT2D eigenvalue weighted by Crippen LogP contribution is 2.22. The van der Waals surface area contributed by atoms with Crippen LogP contribution < -0.4 is 10.1 Å². The summed E-state index contributed by atoms with van der Waals surface area (Å²) in [5.41, 5.74) is 2.02. The summed E-state index contributed by atoms with van der Waals surface area (Å²) in [7, 11) is 1.67. The van der Waals surface area contributed by atoms with E-state index in [0.717, 1.165) is 49.4 Å². The molecule has 1 amide bonds. The minimum absolute atomic E-state index is 0.193. The van der Waals surface area contributed by atoms with E-state index in [1.165, 1.54) is 0 Å². The van der Waals surface area contributed by atoms with Crippen molar-refractivity contribution in [3.63, 3.8) is 0 Å². The van der Waals surface area contributed by atoms with Crippen LogP contribution in [0.4, 0.5) is 0 Å². The number of carbonyl (C=O) groups is 1. The first-order valence-corrected chi connectivity index (χ1v) is 9.80. The van der Waals surface area contributed by atoms with Crippen molar-refractivity contribution >= 4 is 5.91 Å². The number of nitrogens with one attached hydrogen (secondary N) is 1. The molecule has 0 aliphatic carbocycles. The van der Waals surface area contributed by atoms with Gasteiger partial charge in [0.2, 0.25) is 5.91 Å². The van der Waals surface area contributed by atoms with Crippen molar-refractivity contribution in [1.82, 2.24) is 15.2 Å². The summed E-state index contributed by atoms with van der Waals surface area (Å²) in [6.07, 6.45) is 6.10. The fourth-order valence-corrected chi connectivity index (χ4v) is 3.69. The predicted octanol–water partition coefficient (Wildman–Crippen LogP) is 3.19. The van der Waals surface area contributed by atoms with Gasteiger partial charge >= 0.3 is 0 Å². The molecule has 1 saturated heterocycles. The number of hydrogen-bond donors (Lipinski definition) is 1. The number of amides is 1. The van der Waals surface area contributed by atoms with E-state index in [1.54, 1.807) is 13.3 Å². The lowest BCUT2D eigenvalue weighted by Gasteiger charge is -2.31. The van der Waals surface area contributed by atoms with E-state index in [2.05, 4.69) is 10.3 Å². The smallest absolute Gasteiger partial charge is 0.223 e. The number of rotatable bonds is 7. The summed E-state index contributed by atoms with van der Waals surface area (Å²) in [6.45, 7) is 2.57. The Hall–Kier alpha value is -2.40. The SMILES string of the molecule is COc1ccccc1CCC(=O)N(Cc1ccccn1)C1CCCNCC1. The van der Waals surface area contributed by atoms with Crippen molar-refractivity contribution in [3.05, 3.63) is 59.9 Å². The van der Waals surface area contributed by atoms with E-state index in [1.807, 2.05) is 47.4 Å². The average molecular weight is 367 g/mol. The molecule has 1 fully saturated rings. The van der Waals surface area contributed by atoms with Crippen LogP contribution in [0.2, 0.25) is 0 Å². The minimum Gasteiger partial charge on any atom is -0.496 e. The normalized spacial score (nSPS) is 17.1. The molecule has 0 bridgehead atoms. The Labute approximate surface area is 161 Å². The lowest BCUT2D eigenvalue weighted by Crippen LogP contribution is -2.40. The fraction of sp³-hybridized carbons (Fsp3) is 0.455. The molecule has 0 saturated carbocycles. The van der Waals surface area contributed by atoms with Gasteiger partial charge in [0.1, 0.15) is 5.75 Å². The summed E-state index contributed by atoms with van der Waals surface area (Å²) in [6, 6.07) is 14.1. The number of nitrogens with zero attached hydrogens (tertiary/aromatic N) is 2. The highest BCUT2D eigenvalue weighted by Gasteiger charge is 2.25. The average Bonchev–Trinajstić information content (AvgIpc) is 3.00. The summed E-state index contributed by atoms with van der Waals surface area (Å²) in [5, 5.41) is 3.44. The third kappa shape index (κ3) is 5.54. The Morgan fingerprint density at radius 1 is 1.19 bits per heavy atom. The van der Waals surface area contributed by atoms with Crippen LogP contribution in [-0.4, -0.2) is 42.0 Å². The maximum atomic E-state index is 13.2. The van der Waals surface area contributed by atoms with E-state index in [0.29, 0.717) is 19.4 Å². The molecular formula is C22H29N3O2. The van der Waals surface area contributed by atoms with Crippen LogP contribution in [0, 0.1) is 0 Å². The van der Waals surface area contributed by atoms with Gasteiger partial charge in [-0.2, -0.15) is 0 Å². The molecule has 2 heterocycles. The lowest BCUT2D eigenvalue weighted by molar-refractivity contribution is -0.134. The molecule has 0 spiro atoms. The van der Waals surface area contributed by atoms with Gasteiger partial charge in [-0.15, -0.1) is 0 Å². The quantitative estimate of drug-likeness (QED) is 0.817. The van der Waals surface area contributed by atoms with Crippen molar-refractivity contribution in [3.8, 4) is 5.75 Å².